The van der Waals surface area contributed by atoms with Gasteiger partial charge in [0, 0.05) is 25.1 Å². The van der Waals surface area contributed by atoms with E-state index in [2.05, 4.69) is 5.32 Å². The fraction of sp³-hybridized carbons (Fsp3) is 0.440. The van der Waals surface area contributed by atoms with Crippen molar-refractivity contribution in [1.82, 2.24) is 5.32 Å². The molecule has 1 aromatic carbocycles. The highest BCUT2D eigenvalue weighted by atomic mass is 16.5. The Morgan fingerprint density at radius 1 is 1.19 bits per heavy atom. The van der Waals surface area contributed by atoms with E-state index in [0.29, 0.717) is 37.7 Å². The molecule has 0 aromatic heterocycles. The first-order valence-corrected chi connectivity index (χ1v) is 11.1. The molecule has 1 saturated heterocycles. The maximum absolute atomic E-state index is 12.9. The van der Waals surface area contributed by atoms with Crippen molar-refractivity contribution in [3.63, 3.8) is 0 Å². The largest absolute Gasteiger partial charge is 0.507 e. The number of fused-ring (bicyclic) bond motifs is 3. The molecule has 2 aliphatic rings. The van der Waals surface area contributed by atoms with Crippen LogP contribution in [0, 0.1) is 0 Å². The number of cyclic esters (lactones) is 1. The number of carbonyl (C=O) groups excluding carboxylic acids is 2. The van der Waals surface area contributed by atoms with Crippen LogP contribution in [0.15, 0.2) is 54.8 Å². The van der Waals surface area contributed by atoms with Gasteiger partial charge < -0.3 is 25.0 Å². The SMILES string of the molecule is CC/C=C\C=C/C(=O)N/C=C/CC1CC2CC(O)CC(Cc3cccc(O)c3C(=O)O1)O2. The summed E-state index contributed by atoms with van der Waals surface area (Å²) in [6.45, 7) is 2.01. The fourth-order valence-corrected chi connectivity index (χ4v) is 4.07. The third kappa shape index (κ3) is 6.80. The topological polar surface area (TPSA) is 105 Å². The smallest absolute Gasteiger partial charge is 0.342 e. The van der Waals surface area contributed by atoms with Gasteiger partial charge in [-0.2, -0.15) is 0 Å². The lowest BCUT2D eigenvalue weighted by Crippen LogP contribution is -2.40. The van der Waals surface area contributed by atoms with Gasteiger partial charge in [-0.25, -0.2) is 4.79 Å². The maximum Gasteiger partial charge on any atom is 0.342 e. The average molecular weight is 442 g/mol. The van der Waals surface area contributed by atoms with E-state index in [1.54, 1.807) is 24.3 Å². The van der Waals surface area contributed by atoms with Gasteiger partial charge in [0.15, 0.2) is 0 Å². The van der Waals surface area contributed by atoms with Crippen LogP contribution in [-0.4, -0.2) is 46.5 Å². The van der Waals surface area contributed by atoms with E-state index in [1.807, 2.05) is 19.1 Å². The van der Waals surface area contributed by atoms with Gasteiger partial charge in [0.05, 0.1) is 18.3 Å². The second-order valence-electron chi connectivity index (χ2n) is 8.13. The van der Waals surface area contributed by atoms with E-state index in [0.717, 1.165) is 6.42 Å². The summed E-state index contributed by atoms with van der Waals surface area (Å²) in [7, 11) is 0. The monoisotopic (exact) mass is 441 g/mol. The van der Waals surface area contributed by atoms with Gasteiger partial charge in [-0.05, 0) is 37.3 Å². The van der Waals surface area contributed by atoms with Crippen molar-refractivity contribution in [2.24, 2.45) is 0 Å². The number of nitrogens with one attached hydrogen (secondary N) is 1. The Kier molecular flexibility index (Phi) is 8.64. The van der Waals surface area contributed by atoms with Crippen molar-refractivity contribution in [2.75, 3.05) is 0 Å². The minimum absolute atomic E-state index is 0.133. The molecule has 2 bridgehead atoms. The zero-order valence-electron chi connectivity index (χ0n) is 18.3. The quantitative estimate of drug-likeness (QED) is 0.355. The minimum atomic E-state index is -0.577. The molecule has 172 valence electrons. The molecule has 2 aliphatic heterocycles. The van der Waals surface area contributed by atoms with Gasteiger partial charge in [-0.1, -0.05) is 43.4 Å². The van der Waals surface area contributed by atoms with Gasteiger partial charge in [0.2, 0.25) is 5.91 Å². The standard InChI is InChI=1S/C25H31NO6/c1-2-3-4-5-11-23(29)26-12-7-9-19-16-21-15-18(27)14-20(31-21)13-17-8-6-10-22(28)24(17)25(30)32-19/h3-8,10-12,18-21,27-28H,2,9,13-16H2,1H3,(H,26,29)/b4-3-,11-5-,12-7+. The number of hydrogen-bond donors (Lipinski definition) is 3. The Bertz CT molecular complexity index is 890. The van der Waals surface area contributed by atoms with Crippen LogP contribution < -0.4 is 5.32 Å². The van der Waals surface area contributed by atoms with Gasteiger partial charge in [0.25, 0.3) is 0 Å². The molecular weight excluding hydrogens is 410 g/mol. The lowest BCUT2D eigenvalue weighted by atomic mass is 9.91. The summed E-state index contributed by atoms with van der Waals surface area (Å²) >= 11 is 0. The molecule has 0 spiro atoms. The Hall–Kier alpha value is -2.90. The summed E-state index contributed by atoms with van der Waals surface area (Å²) in [4.78, 5) is 24.7. The number of benzene rings is 1. The maximum atomic E-state index is 12.9. The number of carbonyl (C=O) groups is 2. The summed E-state index contributed by atoms with van der Waals surface area (Å²) in [5.74, 6) is -0.969. The zero-order valence-corrected chi connectivity index (χ0v) is 18.3. The highest BCUT2D eigenvalue weighted by Gasteiger charge is 2.34. The molecule has 4 atom stereocenters. The van der Waals surface area contributed by atoms with E-state index in [4.69, 9.17) is 9.47 Å². The number of esters is 1. The minimum Gasteiger partial charge on any atom is -0.507 e. The molecule has 2 heterocycles. The number of rotatable bonds is 6. The van der Waals surface area contributed by atoms with E-state index < -0.39 is 18.2 Å². The van der Waals surface area contributed by atoms with Crippen LogP contribution in [-0.2, 0) is 20.7 Å². The van der Waals surface area contributed by atoms with E-state index in [1.165, 1.54) is 18.3 Å². The number of allylic oxidation sites excluding steroid dienone is 3. The van der Waals surface area contributed by atoms with Crippen LogP contribution in [0.4, 0.5) is 0 Å². The summed E-state index contributed by atoms with van der Waals surface area (Å²) in [6, 6.07) is 4.91. The zero-order chi connectivity index (χ0) is 22.9. The molecule has 1 amide bonds. The first-order valence-electron chi connectivity index (χ1n) is 11.1. The van der Waals surface area contributed by atoms with Crippen LogP contribution in [0.5, 0.6) is 5.75 Å². The lowest BCUT2D eigenvalue weighted by molar-refractivity contribution is -0.115. The van der Waals surface area contributed by atoms with Crippen LogP contribution in [0.25, 0.3) is 0 Å². The highest BCUT2D eigenvalue weighted by Crippen LogP contribution is 2.32. The van der Waals surface area contributed by atoms with E-state index >= 15 is 0 Å². The molecule has 0 radical (unpaired) electrons. The number of hydrogen-bond acceptors (Lipinski definition) is 6. The Balaban J connectivity index is 1.70. The van der Waals surface area contributed by atoms with Crippen LogP contribution >= 0.6 is 0 Å². The van der Waals surface area contributed by atoms with Crippen LogP contribution in [0.3, 0.4) is 0 Å². The molecule has 3 rings (SSSR count). The first-order chi connectivity index (χ1) is 15.5. The lowest BCUT2D eigenvalue weighted by Gasteiger charge is -2.36. The van der Waals surface area contributed by atoms with Gasteiger partial charge in [0.1, 0.15) is 17.4 Å². The molecular formula is C25H31NO6. The summed E-state index contributed by atoms with van der Waals surface area (Å²) < 4.78 is 11.9. The predicted octanol–water partition coefficient (Wildman–Crippen LogP) is 3.31. The number of aliphatic hydroxyl groups is 1. The van der Waals surface area contributed by atoms with Crippen LogP contribution in [0.2, 0.25) is 0 Å². The Labute approximate surface area is 188 Å². The number of amides is 1. The predicted molar refractivity (Wildman–Crippen MR) is 120 cm³/mol. The second kappa shape index (κ2) is 11.6. The number of ether oxygens (including phenoxy) is 2. The molecule has 7 nitrogen and oxygen atoms in total. The summed E-state index contributed by atoms with van der Waals surface area (Å²) in [5.41, 5.74) is 0.780. The molecule has 32 heavy (non-hydrogen) atoms. The van der Waals surface area contributed by atoms with Crippen molar-refractivity contribution in [3.05, 3.63) is 65.9 Å². The van der Waals surface area contributed by atoms with Crippen molar-refractivity contribution in [1.29, 1.82) is 0 Å². The Morgan fingerprint density at radius 2 is 2.00 bits per heavy atom. The number of phenols is 1. The highest BCUT2D eigenvalue weighted by molar-refractivity contribution is 5.94. The summed E-state index contributed by atoms with van der Waals surface area (Å²) in [6.07, 6.45) is 11.7. The van der Waals surface area contributed by atoms with Gasteiger partial charge in [-0.3, -0.25) is 4.79 Å². The molecule has 4 unspecified atom stereocenters. The van der Waals surface area contributed by atoms with Crippen molar-refractivity contribution < 1.29 is 29.3 Å². The fourth-order valence-electron chi connectivity index (χ4n) is 4.07. The Morgan fingerprint density at radius 3 is 2.81 bits per heavy atom. The number of aliphatic hydroxyl groups excluding tert-OH is 1. The van der Waals surface area contributed by atoms with Crippen molar-refractivity contribution >= 4 is 11.9 Å². The number of aromatic hydroxyl groups is 1. The molecule has 1 fully saturated rings. The van der Waals surface area contributed by atoms with Crippen LogP contribution in [0.1, 0.15) is 54.9 Å². The van der Waals surface area contributed by atoms with Crippen molar-refractivity contribution in [2.45, 2.75) is 69.9 Å². The van der Waals surface area contributed by atoms with Crippen molar-refractivity contribution in [3.8, 4) is 5.75 Å². The third-order valence-corrected chi connectivity index (χ3v) is 5.51. The van der Waals surface area contributed by atoms with Gasteiger partial charge in [-0.15, -0.1) is 0 Å². The molecule has 0 saturated carbocycles. The molecule has 0 aliphatic carbocycles. The molecule has 7 heteroatoms. The average Bonchev–Trinajstić information content (AvgIpc) is 2.73. The normalized spacial score (nSPS) is 26.2. The van der Waals surface area contributed by atoms with Gasteiger partial charge >= 0.3 is 5.97 Å². The first kappa shape index (κ1) is 23.8. The second-order valence-corrected chi connectivity index (χ2v) is 8.13. The summed E-state index contributed by atoms with van der Waals surface area (Å²) in [5, 5.41) is 23.2. The van der Waals surface area contributed by atoms with E-state index in [-0.39, 0.29) is 29.4 Å². The molecule has 1 aromatic rings. The third-order valence-electron chi connectivity index (χ3n) is 5.51. The molecule has 3 N–H and O–H groups in total. The van der Waals surface area contributed by atoms with E-state index in [9.17, 15) is 19.8 Å². The number of phenolic OH excluding ortho intramolecular Hbond substituents is 1.